The lowest BCUT2D eigenvalue weighted by molar-refractivity contribution is -0.183. The molecule has 1 saturated carbocycles. The number of hydrogen-bond donors (Lipinski definition) is 0. The zero-order valence-electron chi connectivity index (χ0n) is 11.6. The molecular weight excluding hydrogens is 285 g/mol. The van der Waals surface area contributed by atoms with E-state index in [1.165, 1.54) is 11.1 Å². The van der Waals surface area contributed by atoms with E-state index in [1.807, 2.05) is 25.1 Å². The fraction of sp³-hybridized carbons (Fsp3) is 0.625. The minimum absolute atomic E-state index is 0.0639. The number of halogens is 4. The van der Waals surface area contributed by atoms with Gasteiger partial charge in [-0.2, -0.15) is 13.2 Å². The Morgan fingerprint density at radius 2 is 1.85 bits per heavy atom. The molecule has 1 aliphatic carbocycles. The van der Waals surface area contributed by atoms with Gasteiger partial charge in [0.05, 0.1) is 5.92 Å². The molecule has 1 atom stereocenters. The van der Waals surface area contributed by atoms with Crippen molar-refractivity contribution < 1.29 is 13.2 Å². The van der Waals surface area contributed by atoms with E-state index in [1.54, 1.807) is 0 Å². The summed E-state index contributed by atoms with van der Waals surface area (Å²) >= 11 is 6.43. The minimum atomic E-state index is -4.04. The maximum Gasteiger partial charge on any atom is 0.391 e. The van der Waals surface area contributed by atoms with Gasteiger partial charge in [0, 0.05) is 5.38 Å². The third kappa shape index (κ3) is 4.15. The largest absolute Gasteiger partial charge is 0.391 e. The molecule has 0 radical (unpaired) electrons. The maximum absolute atomic E-state index is 12.6. The molecule has 4 heteroatoms. The zero-order chi connectivity index (χ0) is 14.8. The summed E-state index contributed by atoms with van der Waals surface area (Å²) in [4.78, 5) is 0. The number of hydrogen-bond acceptors (Lipinski definition) is 0. The SMILES string of the molecule is Cc1cccc(CC(Cl)C2CCC(C(F)(F)F)CC2)c1. The zero-order valence-corrected chi connectivity index (χ0v) is 12.3. The van der Waals surface area contributed by atoms with Crippen molar-refractivity contribution in [2.75, 3.05) is 0 Å². The second kappa shape index (κ2) is 6.38. The summed E-state index contributed by atoms with van der Waals surface area (Å²) < 4.78 is 37.9. The topological polar surface area (TPSA) is 0 Å². The Kier molecular flexibility index (Phi) is 5.00. The molecule has 0 heterocycles. The van der Waals surface area contributed by atoms with Gasteiger partial charge >= 0.3 is 6.18 Å². The highest BCUT2D eigenvalue weighted by Crippen LogP contribution is 2.41. The first-order valence-corrected chi connectivity index (χ1v) is 7.56. The highest BCUT2D eigenvalue weighted by Gasteiger charge is 2.42. The van der Waals surface area contributed by atoms with Crippen LogP contribution in [0.25, 0.3) is 0 Å². The minimum Gasteiger partial charge on any atom is -0.171 e. The predicted molar refractivity (Wildman–Crippen MR) is 76.0 cm³/mol. The summed E-state index contributed by atoms with van der Waals surface area (Å²) in [5.74, 6) is -0.919. The van der Waals surface area contributed by atoms with Gasteiger partial charge in [0.25, 0.3) is 0 Å². The van der Waals surface area contributed by atoms with E-state index in [-0.39, 0.29) is 24.1 Å². The van der Waals surface area contributed by atoms with Crippen LogP contribution in [0.5, 0.6) is 0 Å². The lowest BCUT2D eigenvalue weighted by atomic mass is 9.79. The molecule has 0 saturated heterocycles. The first kappa shape index (κ1) is 15.7. The van der Waals surface area contributed by atoms with Crippen molar-refractivity contribution in [2.45, 2.75) is 50.6 Å². The van der Waals surface area contributed by atoms with Crippen LogP contribution in [0.2, 0.25) is 0 Å². The summed E-state index contributed by atoms with van der Waals surface area (Å²) in [6.07, 6.45) is -1.67. The molecular formula is C16H20ClF3. The van der Waals surface area contributed by atoms with Gasteiger partial charge in [-0.15, -0.1) is 11.6 Å². The van der Waals surface area contributed by atoms with E-state index < -0.39 is 12.1 Å². The van der Waals surface area contributed by atoms with Crippen LogP contribution in [-0.2, 0) is 6.42 Å². The van der Waals surface area contributed by atoms with E-state index in [0.717, 1.165) is 6.42 Å². The van der Waals surface area contributed by atoms with Gasteiger partial charge in [-0.3, -0.25) is 0 Å². The highest BCUT2D eigenvalue weighted by atomic mass is 35.5. The smallest absolute Gasteiger partial charge is 0.171 e. The predicted octanol–water partition coefficient (Wildman–Crippen LogP) is 5.51. The number of aryl methyl sites for hydroxylation is 1. The van der Waals surface area contributed by atoms with Gasteiger partial charge in [-0.1, -0.05) is 29.8 Å². The fourth-order valence-electron chi connectivity index (χ4n) is 3.04. The van der Waals surface area contributed by atoms with Crippen LogP contribution in [0.3, 0.4) is 0 Å². The molecule has 0 spiro atoms. The number of alkyl halides is 4. The summed E-state index contributed by atoms with van der Waals surface area (Å²) in [5, 5.41) is -0.0639. The Balaban J connectivity index is 1.87. The average Bonchev–Trinajstić information content (AvgIpc) is 2.38. The second-order valence-corrected chi connectivity index (χ2v) is 6.42. The van der Waals surface area contributed by atoms with Crippen LogP contribution in [-0.4, -0.2) is 11.6 Å². The summed E-state index contributed by atoms with van der Waals surface area (Å²) in [6.45, 7) is 2.03. The van der Waals surface area contributed by atoms with Crippen molar-refractivity contribution in [1.29, 1.82) is 0 Å². The lowest BCUT2D eigenvalue weighted by Crippen LogP contribution is -2.31. The van der Waals surface area contributed by atoms with E-state index in [9.17, 15) is 13.2 Å². The normalized spacial score (nSPS) is 25.4. The quantitative estimate of drug-likeness (QED) is 0.646. The summed E-state index contributed by atoms with van der Waals surface area (Å²) in [5.41, 5.74) is 2.36. The van der Waals surface area contributed by atoms with Gasteiger partial charge in [0.1, 0.15) is 0 Å². The van der Waals surface area contributed by atoms with Crippen molar-refractivity contribution in [3.8, 4) is 0 Å². The molecule has 20 heavy (non-hydrogen) atoms. The molecule has 0 amide bonds. The van der Waals surface area contributed by atoms with E-state index in [0.29, 0.717) is 12.8 Å². The van der Waals surface area contributed by atoms with Gasteiger partial charge in [0.2, 0.25) is 0 Å². The van der Waals surface area contributed by atoms with Gasteiger partial charge in [0.15, 0.2) is 0 Å². The van der Waals surface area contributed by atoms with Crippen molar-refractivity contribution in [3.63, 3.8) is 0 Å². The molecule has 1 fully saturated rings. The number of benzene rings is 1. The first-order chi connectivity index (χ1) is 9.36. The van der Waals surface area contributed by atoms with Gasteiger partial charge in [-0.25, -0.2) is 0 Å². The van der Waals surface area contributed by atoms with Crippen molar-refractivity contribution in [2.24, 2.45) is 11.8 Å². The van der Waals surface area contributed by atoms with Crippen molar-refractivity contribution >= 4 is 11.6 Å². The Labute approximate surface area is 123 Å². The average molecular weight is 305 g/mol. The maximum atomic E-state index is 12.6. The Morgan fingerprint density at radius 1 is 1.20 bits per heavy atom. The highest BCUT2D eigenvalue weighted by molar-refractivity contribution is 6.20. The molecule has 0 bridgehead atoms. The first-order valence-electron chi connectivity index (χ1n) is 7.12. The van der Waals surface area contributed by atoms with E-state index in [4.69, 9.17) is 11.6 Å². The summed E-state index contributed by atoms with van der Waals surface area (Å²) in [7, 11) is 0. The molecule has 0 nitrogen and oxygen atoms in total. The Bertz CT molecular complexity index is 434. The molecule has 1 aliphatic rings. The number of rotatable bonds is 3. The Morgan fingerprint density at radius 3 is 2.40 bits per heavy atom. The van der Waals surface area contributed by atoms with Crippen LogP contribution in [0.4, 0.5) is 13.2 Å². The molecule has 2 rings (SSSR count). The van der Waals surface area contributed by atoms with E-state index >= 15 is 0 Å². The molecule has 0 aromatic heterocycles. The third-order valence-corrected chi connectivity index (χ3v) is 4.77. The van der Waals surface area contributed by atoms with Crippen molar-refractivity contribution in [1.82, 2.24) is 0 Å². The molecule has 1 aromatic rings. The fourth-order valence-corrected chi connectivity index (χ4v) is 3.47. The van der Waals surface area contributed by atoms with Crippen molar-refractivity contribution in [3.05, 3.63) is 35.4 Å². The molecule has 112 valence electrons. The summed E-state index contributed by atoms with van der Waals surface area (Å²) in [6, 6.07) is 8.15. The molecule has 0 N–H and O–H groups in total. The molecule has 1 aromatic carbocycles. The van der Waals surface area contributed by atoms with Gasteiger partial charge in [-0.05, 0) is 50.5 Å². The van der Waals surface area contributed by atoms with Crippen LogP contribution < -0.4 is 0 Å². The van der Waals surface area contributed by atoms with Crippen LogP contribution >= 0.6 is 11.6 Å². The Hall–Kier alpha value is -0.700. The standard InChI is InChI=1S/C16H20ClF3/c1-11-3-2-4-12(9-11)10-15(17)13-5-7-14(8-6-13)16(18,19)20/h2-4,9,13-15H,5-8,10H2,1H3. The molecule has 1 unspecified atom stereocenters. The van der Waals surface area contributed by atoms with E-state index in [2.05, 4.69) is 6.07 Å². The van der Waals surface area contributed by atoms with Crippen LogP contribution in [0.1, 0.15) is 36.8 Å². The lowest BCUT2D eigenvalue weighted by Gasteiger charge is -2.32. The molecule has 0 aliphatic heterocycles. The van der Waals surface area contributed by atoms with Crippen LogP contribution in [0, 0.1) is 18.8 Å². The monoisotopic (exact) mass is 304 g/mol. The van der Waals surface area contributed by atoms with Gasteiger partial charge < -0.3 is 0 Å². The second-order valence-electron chi connectivity index (χ2n) is 5.86. The van der Waals surface area contributed by atoms with Crippen LogP contribution in [0.15, 0.2) is 24.3 Å². The third-order valence-electron chi connectivity index (χ3n) is 4.26.